The fourth-order valence-electron chi connectivity index (χ4n) is 2.27. The number of thiazole rings is 1. The molecule has 1 atom stereocenters. The van der Waals surface area contributed by atoms with Gasteiger partial charge in [-0.2, -0.15) is 0 Å². The van der Waals surface area contributed by atoms with Gasteiger partial charge < -0.3 is 5.32 Å². The van der Waals surface area contributed by atoms with E-state index in [1.807, 2.05) is 0 Å². The molecule has 0 radical (unpaired) electrons. The number of nitrogens with zero attached hydrogens (tertiary/aromatic N) is 2. The van der Waals surface area contributed by atoms with Crippen molar-refractivity contribution in [2.75, 3.05) is 25.0 Å². The molecule has 0 amide bonds. The van der Waals surface area contributed by atoms with E-state index in [4.69, 9.17) is 0 Å². The quantitative estimate of drug-likeness (QED) is 0.874. The third-order valence-corrected chi connectivity index (χ3v) is 4.33. The van der Waals surface area contributed by atoms with Gasteiger partial charge >= 0.3 is 0 Å². The standard InChI is InChI=1S/C13H23N3S/c1-3-12-10-17-13(15-12)14-9-11(2)16-7-5-4-6-8-16/h10-11H,3-9H2,1-2H3,(H,14,15). The van der Waals surface area contributed by atoms with Gasteiger partial charge in [0, 0.05) is 18.0 Å². The van der Waals surface area contributed by atoms with Crippen LogP contribution in [0.4, 0.5) is 5.13 Å². The van der Waals surface area contributed by atoms with Gasteiger partial charge in [0.05, 0.1) is 5.69 Å². The van der Waals surface area contributed by atoms with Crippen LogP contribution in [-0.2, 0) is 6.42 Å². The van der Waals surface area contributed by atoms with E-state index >= 15 is 0 Å². The van der Waals surface area contributed by atoms with Crippen molar-refractivity contribution in [1.82, 2.24) is 9.88 Å². The van der Waals surface area contributed by atoms with Crippen LogP contribution in [0.1, 0.15) is 38.8 Å². The summed E-state index contributed by atoms with van der Waals surface area (Å²) in [6.45, 7) is 8.00. The topological polar surface area (TPSA) is 28.2 Å². The molecule has 1 N–H and O–H groups in total. The molecule has 1 aliphatic heterocycles. The second-order valence-corrected chi connectivity index (χ2v) is 5.68. The van der Waals surface area contributed by atoms with Gasteiger partial charge in [0.15, 0.2) is 5.13 Å². The van der Waals surface area contributed by atoms with Crippen molar-refractivity contribution in [3.8, 4) is 0 Å². The monoisotopic (exact) mass is 253 g/mol. The van der Waals surface area contributed by atoms with Crippen LogP contribution in [-0.4, -0.2) is 35.6 Å². The van der Waals surface area contributed by atoms with E-state index in [-0.39, 0.29) is 0 Å². The molecule has 0 saturated carbocycles. The third-order valence-electron chi connectivity index (χ3n) is 3.48. The van der Waals surface area contributed by atoms with Crippen LogP contribution in [0.3, 0.4) is 0 Å². The molecule has 4 heteroatoms. The Morgan fingerprint density at radius 1 is 1.41 bits per heavy atom. The largest absolute Gasteiger partial charge is 0.360 e. The summed E-state index contributed by atoms with van der Waals surface area (Å²) < 4.78 is 0. The van der Waals surface area contributed by atoms with E-state index in [1.165, 1.54) is 38.0 Å². The molecular weight excluding hydrogens is 230 g/mol. The Morgan fingerprint density at radius 3 is 2.82 bits per heavy atom. The van der Waals surface area contributed by atoms with Crippen LogP contribution < -0.4 is 5.32 Å². The average Bonchev–Trinajstić information content (AvgIpc) is 2.85. The van der Waals surface area contributed by atoms with Gasteiger partial charge in [0.1, 0.15) is 0 Å². The number of likely N-dealkylation sites (tertiary alicyclic amines) is 1. The second-order valence-electron chi connectivity index (χ2n) is 4.82. The maximum atomic E-state index is 4.53. The first-order valence-corrected chi connectivity index (χ1v) is 7.60. The summed E-state index contributed by atoms with van der Waals surface area (Å²) in [5.74, 6) is 0. The maximum Gasteiger partial charge on any atom is 0.182 e. The number of anilines is 1. The number of nitrogens with one attached hydrogen (secondary N) is 1. The second kappa shape index (κ2) is 6.36. The number of piperidine rings is 1. The molecule has 0 aromatic carbocycles. The molecule has 1 aliphatic rings. The van der Waals surface area contributed by atoms with Gasteiger partial charge in [-0.05, 0) is 39.3 Å². The van der Waals surface area contributed by atoms with E-state index in [0.717, 1.165) is 18.1 Å². The SMILES string of the molecule is CCc1csc(NCC(C)N2CCCCC2)n1. The van der Waals surface area contributed by atoms with Crippen LogP contribution in [0, 0.1) is 0 Å². The zero-order valence-electron chi connectivity index (χ0n) is 10.9. The van der Waals surface area contributed by atoms with Crippen molar-refractivity contribution >= 4 is 16.5 Å². The summed E-state index contributed by atoms with van der Waals surface area (Å²) in [5.41, 5.74) is 1.20. The van der Waals surface area contributed by atoms with Gasteiger partial charge in [-0.25, -0.2) is 4.98 Å². The van der Waals surface area contributed by atoms with Crippen molar-refractivity contribution in [3.05, 3.63) is 11.1 Å². The Bertz CT molecular complexity index is 331. The number of aromatic nitrogens is 1. The van der Waals surface area contributed by atoms with E-state index < -0.39 is 0 Å². The van der Waals surface area contributed by atoms with Crippen LogP contribution in [0.15, 0.2) is 5.38 Å². The highest BCUT2D eigenvalue weighted by molar-refractivity contribution is 7.13. The molecule has 2 heterocycles. The summed E-state index contributed by atoms with van der Waals surface area (Å²) in [6.07, 6.45) is 5.16. The molecule has 1 aromatic heterocycles. The van der Waals surface area contributed by atoms with Crippen LogP contribution >= 0.6 is 11.3 Å². The van der Waals surface area contributed by atoms with Gasteiger partial charge in [0.2, 0.25) is 0 Å². The molecule has 0 spiro atoms. The Balaban J connectivity index is 1.76. The molecule has 2 rings (SSSR count). The van der Waals surface area contributed by atoms with Crippen molar-refractivity contribution in [2.24, 2.45) is 0 Å². The Hall–Kier alpha value is -0.610. The lowest BCUT2D eigenvalue weighted by Gasteiger charge is -2.32. The van der Waals surface area contributed by atoms with Gasteiger partial charge in [-0.15, -0.1) is 11.3 Å². The highest BCUT2D eigenvalue weighted by Crippen LogP contribution is 2.17. The molecule has 3 nitrogen and oxygen atoms in total. The summed E-state index contributed by atoms with van der Waals surface area (Å²) in [5, 5.41) is 6.68. The van der Waals surface area contributed by atoms with Crippen molar-refractivity contribution < 1.29 is 0 Å². The van der Waals surface area contributed by atoms with Gasteiger partial charge in [0.25, 0.3) is 0 Å². The summed E-state index contributed by atoms with van der Waals surface area (Å²) in [4.78, 5) is 7.12. The molecule has 1 fully saturated rings. The highest BCUT2D eigenvalue weighted by Gasteiger charge is 2.16. The Morgan fingerprint density at radius 2 is 2.18 bits per heavy atom. The first-order valence-electron chi connectivity index (χ1n) is 6.72. The number of hydrogen-bond donors (Lipinski definition) is 1. The molecule has 0 aliphatic carbocycles. The minimum absolute atomic E-state index is 0.615. The van der Waals surface area contributed by atoms with Crippen LogP contribution in [0.5, 0.6) is 0 Å². The number of rotatable bonds is 5. The molecular formula is C13H23N3S. The molecule has 1 unspecified atom stereocenters. The van der Waals surface area contributed by atoms with Crippen molar-refractivity contribution in [1.29, 1.82) is 0 Å². The summed E-state index contributed by atoms with van der Waals surface area (Å²) in [6, 6.07) is 0.615. The minimum atomic E-state index is 0.615. The normalized spacial score (nSPS) is 19.2. The lowest BCUT2D eigenvalue weighted by molar-refractivity contribution is 0.180. The van der Waals surface area contributed by atoms with E-state index in [2.05, 4.69) is 34.4 Å². The Kier molecular flexibility index (Phi) is 4.80. The number of hydrogen-bond acceptors (Lipinski definition) is 4. The van der Waals surface area contributed by atoms with E-state index in [0.29, 0.717) is 6.04 Å². The fourth-order valence-corrected chi connectivity index (χ4v) is 3.08. The van der Waals surface area contributed by atoms with E-state index in [1.54, 1.807) is 11.3 Å². The predicted octanol–water partition coefficient (Wildman–Crippen LogP) is 2.99. The van der Waals surface area contributed by atoms with Crippen LogP contribution in [0.25, 0.3) is 0 Å². The molecule has 1 saturated heterocycles. The predicted molar refractivity (Wildman–Crippen MR) is 74.9 cm³/mol. The van der Waals surface area contributed by atoms with Crippen molar-refractivity contribution in [3.63, 3.8) is 0 Å². The number of aryl methyl sites for hydroxylation is 1. The van der Waals surface area contributed by atoms with Gasteiger partial charge in [-0.3, -0.25) is 4.90 Å². The first-order chi connectivity index (χ1) is 8.29. The first kappa shape index (κ1) is 12.8. The molecule has 96 valence electrons. The van der Waals surface area contributed by atoms with E-state index in [9.17, 15) is 0 Å². The third kappa shape index (κ3) is 3.68. The lowest BCUT2D eigenvalue weighted by atomic mass is 10.1. The van der Waals surface area contributed by atoms with Gasteiger partial charge in [-0.1, -0.05) is 13.3 Å². The smallest absolute Gasteiger partial charge is 0.182 e. The lowest BCUT2D eigenvalue weighted by Crippen LogP contribution is -2.41. The maximum absolute atomic E-state index is 4.53. The molecule has 1 aromatic rings. The minimum Gasteiger partial charge on any atom is -0.360 e. The Labute approximate surface area is 108 Å². The average molecular weight is 253 g/mol. The zero-order chi connectivity index (χ0) is 12.1. The van der Waals surface area contributed by atoms with Crippen LogP contribution in [0.2, 0.25) is 0 Å². The molecule has 17 heavy (non-hydrogen) atoms. The highest BCUT2D eigenvalue weighted by atomic mass is 32.1. The molecule has 0 bridgehead atoms. The van der Waals surface area contributed by atoms with Crippen molar-refractivity contribution in [2.45, 2.75) is 45.6 Å². The summed E-state index contributed by atoms with van der Waals surface area (Å²) >= 11 is 1.72. The fraction of sp³-hybridized carbons (Fsp3) is 0.769. The summed E-state index contributed by atoms with van der Waals surface area (Å²) in [7, 11) is 0. The zero-order valence-corrected chi connectivity index (χ0v) is 11.7.